The molecule has 0 spiro atoms. The summed E-state index contributed by atoms with van der Waals surface area (Å²) in [6, 6.07) is 43.7. The minimum Gasteiger partial charge on any atom is -0.454 e. The summed E-state index contributed by atoms with van der Waals surface area (Å²) in [6.07, 6.45) is 1.73. The average molecular weight is 512 g/mol. The number of para-hydroxylation sites is 3. The Kier molecular flexibility index (Phi) is 4.85. The van der Waals surface area contributed by atoms with Crippen molar-refractivity contribution in [3.05, 3.63) is 133 Å². The summed E-state index contributed by atoms with van der Waals surface area (Å²) < 4.78 is 8.88. The fourth-order valence-corrected chi connectivity index (χ4v) is 5.95. The molecule has 8 aromatic rings. The Balaban J connectivity index is 1.45. The van der Waals surface area contributed by atoms with Gasteiger partial charge in [-0.05, 0) is 48.0 Å². The first-order chi connectivity index (χ1) is 19.8. The van der Waals surface area contributed by atoms with E-state index in [2.05, 4.69) is 101 Å². The summed E-state index contributed by atoms with van der Waals surface area (Å²) in [5.41, 5.74) is 9.26. The van der Waals surface area contributed by atoms with E-state index in [0.717, 1.165) is 60.7 Å². The van der Waals surface area contributed by atoms with Gasteiger partial charge in [0.2, 0.25) is 0 Å². The van der Waals surface area contributed by atoms with Crippen LogP contribution in [0.4, 0.5) is 0 Å². The van der Waals surface area contributed by atoms with Crippen molar-refractivity contribution in [2.45, 2.75) is 0 Å². The van der Waals surface area contributed by atoms with Crippen molar-refractivity contribution in [1.82, 2.24) is 9.55 Å². The summed E-state index contributed by atoms with van der Waals surface area (Å²) in [5.74, 6) is 0. The number of hydrogen-bond donors (Lipinski definition) is 0. The van der Waals surface area contributed by atoms with Crippen LogP contribution in [0.25, 0.3) is 71.8 Å². The molecule has 4 heteroatoms. The molecule has 0 unspecified atom stereocenters. The molecule has 3 heterocycles. The maximum Gasteiger partial charge on any atom is 0.160 e. The molecule has 0 fully saturated rings. The van der Waals surface area contributed by atoms with Crippen LogP contribution < -0.4 is 0 Å². The molecule has 0 amide bonds. The Morgan fingerprint density at radius 1 is 0.650 bits per heavy atom. The summed E-state index contributed by atoms with van der Waals surface area (Å²) in [5, 5.41) is 14.2. The fourth-order valence-electron chi connectivity index (χ4n) is 5.95. The summed E-state index contributed by atoms with van der Waals surface area (Å²) >= 11 is 0. The zero-order chi connectivity index (χ0) is 26.6. The van der Waals surface area contributed by atoms with Crippen molar-refractivity contribution in [3.63, 3.8) is 0 Å². The van der Waals surface area contributed by atoms with Gasteiger partial charge >= 0.3 is 0 Å². The van der Waals surface area contributed by atoms with Crippen molar-refractivity contribution < 1.29 is 4.42 Å². The molecule has 8 rings (SSSR count). The molecule has 0 aliphatic rings. The van der Waals surface area contributed by atoms with Gasteiger partial charge in [-0.1, -0.05) is 78.9 Å². The molecular weight excluding hydrogens is 490 g/mol. The van der Waals surface area contributed by atoms with E-state index >= 15 is 0 Å². The van der Waals surface area contributed by atoms with E-state index in [0.29, 0.717) is 11.3 Å². The number of benzene rings is 5. The van der Waals surface area contributed by atoms with Crippen LogP contribution in [0.15, 0.2) is 132 Å². The van der Waals surface area contributed by atoms with Crippen LogP contribution in [0.5, 0.6) is 0 Å². The van der Waals surface area contributed by atoms with E-state index in [-0.39, 0.29) is 0 Å². The molecule has 4 nitrogen and oxygen atoms in total. The van der Waals surface area contributed by atoms with Crippen molar-refractivity contribution in [2.24, 2.45) is 0 Å². The third kappa shape index (κ3) is 3.22. The van der Waals surface area contributed by atoms with Gasteiger partial charge in [0.05, 0.1) is 28.0 Å². The van der Waals surface area contributed by atoms with Crippen LogP contribution >= 0.6 is 0 Å². The number of rotatable bonds is 3. The smallest absolute Gasteiger partial charge is 0.160 e. The first kappa shape index (κ1) is 22.3. The Hall–Kier alpha value is -5.66. The van der Waals surface area contributed by atoms with Crippen LogP contribution in [-0.2, 0) is 0 Å². The standard InChI is InChI=1S/C36H21N3O/c37-22-25-11-8-20-38-34(25)24-10-7-9-23(21-24)26-12-1-4-15-31(26)39-32-16-5-2-13-27(32)29-18-19-30-28-14-3-6-17-33(28)40-36(30)35(29)39/h1-21H. The van der Waals surface area contributed by atoms with Gasteiger partial charge in [0.25, 0.3) is 0 Å². The topological polar surface area (TPSA) is 54.8 Å². The maximum absolute atomic E-state index is 9.67. The van der Waals surface area contributed by atoms with Crippen molar-refractivity contribution in [3.8, 4) is 34.1 Å². The molecule has 5 aromatic carbocycles. The number of furan rings is 1. The van der Waals surface area contributed by atoms with E-state index in [4.69, 9.17) is 4.42 Å². The number of hydrogen-bond acceptors (Lipinski definition) is 3. The molecule has 0 bridgehead atoms. The Bertz CT molecular complexity index is 2300. The third-order valence-electron chi connectivity index (χ3n) is 7.70. The highest BCUT2D eigenvalue weighted by atomic mass is 16.3. The number of nitriles is 1. The van der Waals surface area contributed by atoms with E-state index in [1.807, 2.05) is 24.3 Å². The first-order valence-electron chi connectivity index (χ1n) is 13.2. The molecule has 186 valence electrons. The molecule has 0 N–H and O–H groups in total. The highest BCUT2D eigenvalue weighted by Gasteiger charge is 2.20. The molecule has 3 aromatic heterocycles. The van der Waals surface area contributed by atoms with Gasteiger partial charge in [-0.3, -0.25) is 4.98 Å². The lowest BCUT2D eigenvalue weighted by Gasteiger charge is -2.15. The first-order valence-corrected chi connectivity index (χ1v) is 13.2. The molecule has 40 heavy (non-hydrogen) atoms. The lowest BCUT2D eigenvalue weighted by Crippen LogP contribution is -1.97. The number of fused-ring (bicyclic) bond motifs is 7. The normalized spacial score (nSPS) is 11.5. The van der Waals surface area contributed by atoms with Gasteiger partial charge < -0.3 is 8.98 Å². The van der Waals surface area contributed by atoms with E-state index in [1.165, 1.54) is 5.39 Å². The lowest BCUT2D eigenvalue weighted by atomic mass is 9.98. The second-order valence-electron chi connectivity index (χ2n) is 9.90. The van der Waals surface area contributed by atoms with Crippen LogP contribution in [0, 0.1) is 11.3 Å². The SMILES string of the molecule is N#Cc1cccnc1-c1cccc(-c2ccccc2-n2c3ccccc3c3ccc4c5ccccc5oc4c32)c1. The number of aromatic nitrogens is 2. The van der Waals surface area contributed by atoms with Crippen LogP contribution in [-0.4, -0.2) is 9.55 Å². The van der Waals surface area contributed by atoms with Gasteiger partial charge in [0.1, 0.15) is 11.7 Å². The minimum atomic E-state index is 0.558. The van der Waals surface area contributed by atoms with Gasteiger partial charge in [0.15, 0.2) is 5.58 Å². The van der Waals surface area contributed by atoms with E-state index in [1.54, 1.807) is 18.3 Å². The molecule has 0 aliphatic carbocycles. The van der Waals surface area contributed by atoms with Crippen LogP contribution in [0.1, 0.15) is 5.56 Å². The highest BCUT2D eigenvalue weighted by molar-refractivity contribution is 6.21. The summed E-state index contributed by atoms with van der Waals surface area (Å²) in [6.45, 7) is 0. The van der Waals surface area contributed by atoms with Crippen LogP contribution in [0.3, 0.4) is 0 Å². The van der Waals surface area contributed by atoms with Gasteiger partial charge in [-0.15, -0.1) is 0 Å². The van der Waals surface area contributed by atoms with E-state index in [9.17, 15) is 5.26 Å². The van der Waals surface area contributed by atoms with E-state index < -0.39 is 0 Å². The molecule has 0 aliphatic heterocycles. The van der Waals surface area contributed by atoms with Crippen molar-refractivity contribution >= 4 is 43.7 Å². The second-order valence-corrected chi connectivity index (χ2v) is 9.90. The molecule has 0 atom stereocenters. The zero-order valence-electron chi connectivity index (χ0n) is 21.4. The number of nitrogens with zero attached hydrogens (tertiary/aromatic N) is 3. The van der Waals surface area contributed by atoms with Gasteiger partial charge in [0, 0.05) is 38.9 Å². The zero-order valence-corrected chi connectivity index (χ0v) is 21.4. The lowest BCUT2D eigenvalue weighted by molar-refractivity contribution is 0.671. The van der Waals surface area contributed by atoms with Crippen molar-refractivity contribution in [2.75, 3.05) is 0 Å². The predicted octanol–water partition coefficient (Wildman–Crippen LogP) is 9.28. The summed E-state index contributed by atoms with van der Waals surface area (Å²) in [7, 11) is 0. The van der Waals surface area contributed by atoms with Crippen molar-refractivity contribution in [1.29, 1.82) is 5.26 Å². The largest absolute Gasteiger partial charge is 0.454 e. The Morgan fingerprint density at radius 3 is 2.35 bits per heavy atom. The quantitative estimate of drug-likeness (QED) is 0.237. The monoisotopic (exact) mass is 511 g/mol. The number of pyridine rings is 1. The Labute approximate surface area is 230 Å². The minimum absolute atomic E-state index is 0.558. The molecule has 0 saturated carbocycles. The Morgan fingerprint density at radius 2 is 1.43 bits per heavy atom. The average Bonchev–Trinajstić information content (AvgIpc) is 3.57. The third-order valence-corrected chi connectivity index (χ3v) is 7.70. The molecule has 0 saturated heterocycles. The fraction of sp³-hybridized carbons (Fsp3) is 0. The highest BCUT2D eigenvalue weighted by Crippen LogP contribution is 2.42. The molecule has 0 radical (unpaired) electrons. The summed E-state index contributed by atoms with van der Waals surface area (Å²) in [4.78, 5) is 4.52. The maximum atomic E-state index is 9.67. The van der Waals surface area contributed by atoms with Gasteiger partial charge in [-0.2, -0.15) is 5.26 Å². The predicted molar refractivity (Wildman–Crippen MR) is 161 cm³/mol. The molecular formula is C36H21N3O. The van der Waals surface area contributed by atoms with Gasteiger partial charge in [-0.25, -0.2) is 0 Å². The van der Waals surface area contributed by atoms with Crippen LogP contribution in [0.2, 0.25) is 0 Å². The second kappa shape index (κ2) is 8.69.